The van der Waals surface area contributed by atoms with Crippen LogP contribution >= 0.6 is 11.6 Å². The fourth-order valence-electron chi connectivity index (χ4n) is 0.757. The summed E-state index contributed by atoms with van der Waals surface area (Å²) in [5.74, 6) is -3.29. The minimum Gasteiger partial charge on any atom is -0.390 e. The second-order valence-electron chi connectivity index (χ2n) is 2.22. The molecule has 0 aliphatic heterocycles. The molecule has 1 heterocycles. The van der Waals surface area contributed by atoms with Gasteiger partial charge in [-0.15, -0.1) is 0 Å². The van der Waals surface area contributed by atoms with Crippen molar-refractivity contribution in [2.75, 3.05) is 6.61 Å². The van der Waals surface area contributed by atoms with Crippen molar-refractivity contribution in [3.05, 3.63) is 29.0 Å². The Kier molecular flexibility index (Phi) is 2.59. The van der Waals surface area contributed by atoms with Gasteiger partial charge in [-0.3, -0.25) is 4.98 Å². The van der Waals surface area contributed by atoms with Crippen LogP contribution < -0.4 is 0 Å². The number of rotatable bonds is 2. The lowest BCUT2D eigenvalue weighted by Crippen LogP contribution is -2.18. The van der Waals surface area contributed by atoms with Gasteiger partial charge in [-0.2, -0.15) is 8.78 Å². The molecule has 12 heavy (non-hydrogen) atoms. The average molecular weight is 194 g/mol. The molecule has 0 radical (unpaired) electrons. The number of hydrogen-bond acceptors (Lipinski definition) is 2. The molecule has 0 saturated carbocycles. The average Bonchev–Trinajstić information content (AvgIpc) is 2.05. The molecule has 2 nitrogen and oxygen atoms in total. The Balaban J connectivity index is 3.10. The van der Waals surface area contributed by atoms with Gasteiger partial charge in [-0.05, 0) is 6.07 Å². The van der Waals surface area contributed by atoms with Crippen LogP contribution in [-0.4, -0.2) is 16.7 Å². The van der Waals surface area contributed by atoms with Crippen LogP contribution in [0.2, 0.25) is 5.02 Å². The van der Waals surface area contributed by atoms with Crippen molar-refractivity contribution in [1.29, 1.82) is 0 Å². The largest absolute Gasteiger partial charge is 0.390 e. The summed E-state index contributed by atoms with van der Waals surface area (Å²) in [5, 5.41) is 8.20. The highest BCUT2D eigenvalue weighted by molar-refractivity contribution is 6.31. The third kappa shape index (κ3) is 1.70. The molecular formula is C7H6ClF2NO. The van der Waals surface area contributed by atoms with Gasteiger partial charge in [0.2, 0.25) is 0 Å². The van der Waals surface area contributed by atoms with E-state index in [9.17, 15) is 8.78 Å². The van der Waals surface area contributed by atoms with Gasteiger partial charge in [0.1, 0.15) is 6.61 Å². The topological polar surface area (TPSA) is 33.1 Å². The molecule has 0 aliphatic rings. The Bertz CT molecular complexity index is 280. The van der Waals surface area contributed by atoms with Crippen LogP contribution in [0.3, 0.4) is 0 Å². The number of alkyl halides is 2. The predicted octanol–water partition coefficient (Wildman–Crippen LogP) is 1.82. The SMILES string of the molecule is OCC(F)(F)c1ccncc1Cl. The molecule has 5 heteroatoms. The highest BCUT2D eigenvalue weighted by atomic mass is 35.5. The number of aromatic nitrogens is 1. The maximum Gasteiger partial charge on any atom is 0.297 e. The second-order valence-corrected chi connectivity index (χ2v) is 2.63. The van der Waals surface area contributed by atoms with E-state index in [1.807, 2.05) is 0 Å². The van der Waals surface area contributed by atoms with E-state index >= 15 is 0 Å². The lowest BCUT2D eigenvalue weighted by atomic mass is 10.1. The van der Waals surface area contributed by atoms with Crippen LogP contribution in [0.5, 0.6) is 0 Å². The van der Waals surface area contributed by atoms with Crippen molar-refractivity contribution in [1.82, 2.24) is 4.98 Å². The molecule has 0 aromatic carbocycles. The van der Waals surface area contributed by atoms with Crippen molar-refractivity contribution >= 4 is 11.6 Å². The van der Waals surface area contributed by atoms with Crippen molar-refractivity contribution in [3.63, 3.8) is 0 Å². The van der Waals surface area contributed by atoms with Crippen LogP contribution in [-0.2, 0) is 5.92 Å². The predicted molar refractivity (Wildman–Crippen MR) is 40.2 cm³/mol. The zero-order chi connectivity index (χ0) is 9.19. The van der Waals surface area contributed by atoms with Crippen molar-refractivity contribution in [2.24, 2.45) is 0 Å². The fourth-order valence-corrected chi connectivity index (χ4v) is 1.01. The van der Waals surface area contributed by atoms with Crippen LogP contribution in [0.15, 0.2) is 18.5 Å². The zero-order valence-corrected chi connectivity index (χ0v) is 6.72. The lowest BCUT2D eigenvalue weighted by molar-refractivity contribution is -0.0555. The molecule has 1 aromatic rings. The molecule has 0 amide bonds. The minimum atomic E-state index is -3.29. The molecule has 0 atom stereocenters. The van der Waals surface area contributed by atoms with E-state index in [2.05, 4.69) is 4.98 Å². The Hall–Kier alpha value is -0.740. The maximum atomic E-state index is 12.8. The van der Waals surface area contributed by atoms with Crippen molar-refractivity contribution in [2.45, 2.75) is 5.92 Å². The summed E-state index contributed by atoms with van der Waals surface area (Å²) in [5.41, 5.74) is -0.401. The van der Waals surface area contributed by atoms with Crippen LogP contribution in [0.1, 0.15) is 5.56 Å². The van der Waals surface area contributed by atoms with Crippen molar-refractivity contribution < 1.29 is 13.9 Å². The summed E-state index contributed by atoms with van der Waals surface area (Å²) in [7, 11) is 0. The van der Waals surface area contributed by atoms with E-state index in [-0.39, 0.29) is 5.02 Å². The van der Waals surface area contributed by atoms with E-state index in [1.54, 1.807) is 0 Å². The molecule has 0 bridgehead atoms. The molecule has 0 aliphatic carbocycles. The van der Waals surface area contributed by atoms with E-state index < -0.39 is 18.1 Å². The Morgan fingerprint density at radius 2 is 2.25 bits per heavy atom. The normalized spacial score (nSPS) is 11.7. The third-order valence-electron chi connectivity index (χ3n) is 1.37. The summed E-state index contributed by atoms with van der Waals surface area (Å²) >= 11 is 5.43. The number of aliphatic hydroxyl groups excluding tert-OH is 1. The summed E-state index contributed by atoms with van der Waals surface area (Å²) in [4.78, 5) is 3.55. The maximum absolute atomic E-state index is 12.8. The molecule has 1 aromatic heterocycles. The summed E-state index contributed by atoms with van der Waals surface area (Å²) in [6.07, 6.45) is 2.31. The molecule has 0 saturated heterocycles. The van der Waals surface area contributed by atoms with Crippen LogP contribution in [0, 0.1) is 0 Å². The van der Waals surface area contributed by atoms with Crippen molar-refractivity contribution in [3.8, 4) is 0 Å². The van der Waals surface area contributed by atoms with E-state index in [4.69, 9.17) is 16.7 Å². The Morgan fingerprint density at radius 1 is 1.58 bits per heavy atom. The monoisotopic (exact) mass is 193 g/mol. The highest BCUT2D eigenvalue weighted by Gasteiger charge is 2.32. The molecule has 1 rings (SSSR count). The molecule has 1 N–H and O–H groups in total. The molecule has 0 fully saturated rings. The van der Waals surface area contributed by atoms with E-state index in [1.165, 1.54) is 6.20 Å². The summed E-state index contributed by atoms with van der Waals surface area (Å²) in [6, 6.07) is 1.08. The van der Waals surface area contributed by atoms with Gasteiger partial charge in [0.15, 0.2) is 0 Å². The van der Waals surface area contributed by atoms with Crippen LogP contribution in [0.25, 0.3) is 0 Å². The quantitative estimate of drug-likeness (QED) is 0.777. The summed E-state index contributed by atoms with van der Waals surface area (Å²) in [6.45, 7) is -1.25. The minimum absolute atomic E-state index is 0.142. The Labute approximate surface area is 72.8 Å². The van der Waals surface area contributed by atoms with Gasteiger partial charge in [0, 0.05) is 18.0 Å². The lowest BCUT2D eigenvalue weighted by Gasteiger charge is -2.13. The number of hydrogen-bond donors (Lipinski definition) is 1. The fraction of sp³-hybridized carbons (Fsp3) is 0.286. The van der Waals surface area contributed by atoms with Gasteiger partial charge < -0.3 is 5.11 Å². The molecule has 66 valence electrons. The van der Waals surface area contributed by atoms with Gasteiger partial charge >= 0.3 is 0 Å². The number of halogens is 3. The summed E-state index contributed by atoms with van der Waals surface area (Å²) < 4.78 is 25.6. The first-order valence-corrected chi connectivity index (χ1v) is 3.54. The zero-order valence-electron chi connectivity index (χ0n) is 5.97. The molecular weight excluding hydrogens is 188 g/mol. The van der Waals surface area contributed by atoms with Gasteiger partial charge in [0.25, 0.3) is 5.92 Å². The second kappa shape index (κ2) is 3.33. The Morgan fingerprint density at radius 3 is 2.75 bits per heavy atom. The van der Waals surface area contributed by atoms with Crippen LogP contribution in [0.4, 0.5) is 8.78 Å². The third-order valence-corrected chi connectivity index (χ3v) is 1.67. The van der Waals surface area contributed by atoms with Gasteiger partial charge in [-0.1, -0.05) is 11.6 Å². The molecule has 0 unspecified atom stereocenters. The van der Waals surface area contributed by atoms with E-state index in [0.717, 1.165) is 12.3 Å². The first kappa shape index (κ1) is 9.35. The van der Waals surface area contributed by atoms with Gasteiger partial charge in [0.05, 0.1) is 5.02 Å². The highest BCUT2D eigenvalue weighted by Crippen LogP contribution is 2.31. The first-order chi connectivity index (χ1) is 5.58. The first-order valence-electron chi connectivity index (χ1n) is 3.16. The smallest absolute Gasteiger partial charge is 0.297 e. The molecule has 0 spiro atoms. The number of nitrogens with zero attached hydrogens (tertiary/aromatic N) is 1. The standard InChI is InChI=1S/C7H6ClF2NO/c8-6-3-11-2-1-5(6)7(9,10)4-12/h1-3,12H,4H2. The van der Waals surface area contributed by atoms with E-state index in [0.29, 0.717) is 0 Å². The number of pyridine rings is 1. The van der Waals surface area contributed by atoms with Gasteiger partial charge in [-0.25, -0.2) is 0 Å². The number of aliphatic hydroxyl groups is 1.